The molecule has 0 heterocycles. The standard InChI is InChI=1S/C26H27N3O4/c1-18(29(2)17-24(30)27-20-13-15-21(33-3)16-14-20)26(32)28-23-12-8-7-11-22(23)25(31)19-9-5-4-6-10-19/h4-16,18H,17H2,1-3H3,(H,27,30)(H,28,32). The number of amides is 2. The molecule has 2 N–H and O–H groups in total. The summed E-state index contributed by atoms with van der Waals surface area (Å²) >= 11 is 0. The second-order valence-electron chi connectivity index (χ2n) is 7.60. The first-order valence-corrected chi connectivity index (χ1v) is 10.5. The number of nitrogens with one attached hydrogen (secondary N) is 2. The molecule has 0 radical (unpaired) electrons. The van der Waals surface area contributed by atoms with E-state index in [2.05, 4.69) is 10.6 Å². The Hall–Kier alpha value is -3.97. The van der Waals surface area contributed by atoms with Crippen LogP contribution in [0.5, 0.6) is 5.75 Å². The first kappa shape index (κ1) is 23.7. The fraction of sp³-hybridized carbons (Fsp3) is 0.192. The quantitative estimate of drug-likeness (QED) is 0.489. The maximum atomic E-state index is 12.9. The zero-order chi connectivity index (χ0) is 23.8. The summed E-state index contributed by atoms with van der Waals surface area (Å²) in [5, 5.41) is 5.63. The lowest BCUT2D eigenvalue weighted by Crippen LogP contribution is -2.43. The average Bonchev–Trinajstić information content (AvgIpc) is 2.84. The van der Waals surface area contributed by atoms with Crippen molar-refractivity contribution >= 4 is 29.0 Å². The minimum Gasteiger partial charge on any atom is -0.497 e. The van der Waals surface area contributed by atoms with Crippen LogP contribution >= 0.6 is 0 Å². The molecule has 1 atom stereocenters. The third-order valence-electron chi connectivity index (χ3n) is 5.27. The number of nitrogens with zero attached hydrogens (tertiary/aromatic N) is 1. The number of anilines is 2. The van der Waals surface area contributed by atoms with Crippen LogP contribution in [0.25, 0.3) is 0 Å². The Kier molecular flexibility index (Phi) is 7.94. The lowest BCUT2D eigenvalue weighted by molar-refractivity contribution is -0.122. The smallest absolute Gasteiger partial charge is 0.241 e. The number of ketones is 1. The number of carbonyl (C=O) groups excluding carboxylic acids is 3. The van der Waals surface area contributed by atoms with E-state index >= 15 is 0 Å². The molecule has 0 aliphatic heterocycles. The second kappa shape index (κ2) is 11.1. The Morgan fingerprint density at radius 1 is 0.879 bits per heavy atom. The highest BCUT2D eigenvalue weighted by Crippen LogP contribution is 2.20. The van der Waals surface area contributed by atoms with Crippen molar-refractivity contribution in [2.24, 2.45) is 0 Å². The molecule has 2 amide bonds. The zero-order valence-electron chi connectivity index (χ0n) is 18.9. The molecule has 7 nitrogen and oxygen atoms in total. The molecule has 170 valence electrons. The van der Waals surface area contributed by atoms with Crippen LogP contribution in [0.3, 0.4) is 0 Å². The monoisotopic (exact) mass is 445 g/mol. The summed E-state index contributed by atoms with van der Waals surface area (Å²) in [6.45, 7) is 1.73. The van der Waals surface area contributed by atoms with E-state index in [1.54, 1.807) is 98.8 Å². The molecule has 0 aromatic heterocycles. The van der Waals surface area contributed by atoms with Gasteiger partial charge in [0.1, 0.15) is 5.75 Å². The summed E-state index contributed by atoms with van der Waals surface area (Å²) in [4.78, 5) is 39.8. The third kappa shape index (κ3) is 6.27. The molecule has 0 aliphatic carbocycles. The Morgan fingerprint density at radius 2 is 1.52 bits per heavy atom. The van der Waals surface area contributed by atoms with Crippen LogP contribution in [0.4, 0.5) is 11.4 Å². The number of rotatable bonds is 9. The summed E-state index contributed by atoms with van der Waals surface area (Å²) in [5.74, 6) is -0.0437. The van der Waals surface area contributed by atoms with Gasteiger partial charge in [-0.3, -0.25) is 19.3 Å². The normalized spacial score (nSPS) is 11.5. The van der Waals surface area contributed by atoms with E-state index in [0.717, 1.165) is 0 Å². The Balaban J connectivity index is 1.62. The maximum Gasteiger partial charge on any atom is 0.241 e. The number of para-hydroxylation sites is 1. The predicted octanol–water partition coefficient (Wildman–Crippen LogP) is 3.82. The highest BCUT2D eigenvalue weighted by atomic mass is 16.5. The molecule has 0 spiro atoms. The van der Waals surface area contributed by atoms with Crippen LogP contribution in [-0.2, 0) is 9.59 Å². The van der Waals surface area contributed by atoms with Crippen molar-refractivity contribution in [3.63, 3.8) is 0 Å². The molecule has 3 rings (SSSR count). The first-order valence-electron chi connectivity index (χ1n) is 10.5. The van der Waals surface area contributed by atoms with Gasteiger partial charge in [-0.25, -0.2) is 0 Å². The van der Waals surface area contributed by atoms with Gasteiger partial charge in [-0.05, 0) is 50.4 Å². The van der Waals surface area contributed by atoms with Crippen molar-refractivity contribution in [1.82, 2.24) is 4.90 Å². The molecule has 7 heteroatoms. The topological polar surface area (TPSA) is 87.7 Å². The Bertz CT molecular complexity index is 1110. The first-order chi connectivity index (χ1) is 15.9. The Morgan fingerprint density at radius 3 is 2.18 bits per heavy atom. The minimum atomic E-state index is -0.605. The summed E-state index contributed by atoms with van der Waals surface area (Å²) in [6, 6.07) is 22.2. The van der Waals surface area contributed by atoms with Crippen molar-refractivity contribution in [3.8, 4) is 5.75 Å². The van der Waals surface area contributed by atoms with Gasteiger partial charge in [0, 0.05) is 16.8 Å². The van der Waals surface area contributed by atoms with Gasteiger partial charge < -0.3 is 15.4 Å². The highest BCUT2D eigenvalue weighted by molar-refractivity contribution is 6.14. The predicted molar refractivity (Wildman–Crippen MR) is 129 cm³/mol. The van der Waals surface area contributed by atoms with Crippen LogP contribution in [0.2, 0.25) is 0 Å². The van der Waals surface area contributed by atoms with Gasteiger partial charge in [0.2, 0.25) is 11.8 Å². The van der Waals surface area contributed by atoms with Gasteiger partial charge in [0.25, 0.3) is 0 Å². The molecule has 33 heavy (non-hydrogen) atoms. The van der Waals surface area contributed by atoms with Crippen LogP contribution in [-0.4, -0.2) is 49.2 Å². The van der Waals surface area contributed by atoms with Gasteiger partial charge in [-0.1, -0.05) is 42.5 Å². The highest BCUT2D eigenvalue weighted by Gasteiger charge is 2.22. The summed E-state index contributed by atoms with van der Waals surface area (Å²) in [6.07, 6.45) is 0. The number of ether oxygens (including phenoxy) is 1. The third-order valence-corrected chi connectivity index (χ3v) is 5.27. The van der Waals surface area contributed by atoms with Crippen molar-refractivity contribution in [2.75, 3.05) is 31.3 Å². The molecular weight excluding hydrogens is 418 g/mol. The maximum absolute atomic E-state index is 12.9. The number of methoxy groups -OCH3 is 1. The molecule has 0 saturated carbocycles. The summed E-state index contributed by atoms with van der Waals surface area (Å²) < 4.78 is 5.11. The summed E-state index contributed by atoms with van der Waals surface area (Å²) in [7, 11) is 3.27. The second-order valence-corrected chi connectivity index (χ2v) is 7.60. The van der Waals surface area contributed by atoms with E-state index in [1.807, 2.05) is 6.07 Å². The van der Waals surface area contributed by atoms with Crippen LogP contribution in [0, 0.1) is 0 Å². The minimum absolute atomic E-state index is 0.0191. The van der Waals surface area contributed by atoms with Crippen molar-refractivity contribution in [2.45, 2.75) is 13.0 Å². The van der Waals surface area contributed by atoms with Gasteiger partial charge in [0.05, 0.1) is 25.4 Å². The van der Waals surface area contributed by atoms with Crippen molar-refractivity contribution < 1.29 is 19.1 Å². The number of hydrogen-bond donors (Lipinski definition) is 2. The van der Waals surface area contributed by atoms with Crippen molar-refractivity contribution in [3.05, 3.63) is 90.0 Å². The van der Waals surface area contributed by atoms with E-state index in [1.165, 1.54) is 0 Å². The van der Waals surface area contributed by atoms with E-state index in [0.29, 0.717) is 28.3 Å². The largest absolute Gasteiger partial charge is 0.497 e. The Labute approximate surface area is 193 Å². The molecule has 3 aromatic rings. The number of hydrogen-bond acceptors (Lipinski definition) is 5. The fourth-order valence-corrected chi connectivity index (χ4v) is 3.21. The van der Waals surface area contributed by atoms with E-state index in [4.69, 9.17) is 4.74 Å². The molecule has 0 fully saturated rings. The fourth-order valence-electron chi connectivity index (χ4n) is 3.21. The van der Waals surface area contributed by atoms with Gasteiger partial charge in [-0.2, -0.15) is 0 Å². The molecule has 1 unspecified atom stereocenters. The molecule has 0 bridgehead atoms. The number of carbonyl (C=O) groups is 3. The average molecular weight is 446 g/mol. The lowest BCUT2D eigenvalue weighted by Gasteiger charge is -2.23. The lowest BCUT2D eigenvalue weighted by atomic mass is 10.0. The number of likely N-dealkylation sites (N-methyl/N-ethyl adjacent to an activating group) is 1. The van der Waals surface area contributed by atoms with Crippen molar-refractivity contribution in [1.29, 1.82) is 0 Å². The van der Waals surface area contributed by atoms with Crippen LogP contribution < -0.4 is 15.4 Å². The van der Waals surface area contributed by atoms with E-state index in [9.17, 15) is 14.4 Å². The van der Waals surface area contributed by atoms with Crippen LogP contribution in [0.15, 0.2) is 78.9 Å². The molecule has 3 aromatic carbocycles. The SMILES string of the molecule is COc1ccc(NC(=O)CN(C)C(C)C(=O)Nc2ccccc2C(=O)c2ccccc2)cc1. The van der Waals surface area contributed by atoms with E-state index < -0.39 is 6.04 Å². The number of benzene rings is 3. The summed E-state index contributed by atoms with van der Waals surface area (Å²) in [5.41, 5.74) is 2.02. The molecule has 0 saturated heterocycles. The zero-order valence-corrected chi connectivity index (χ0v) is 18.9. The molecular formula is C26H27N3O4. The molecule has 0 aliphatic rings. The van der Waals surface area contributed by atoms with Gasteiger partial charge >= 0.3 is 0 Å². The van der Waals surface area contributed by atoms with E-state index in [-0.39, 0.29) is 24.1 Å². The van der Waals surface area contributed by atoms with Crippen LogP contribution in [0.1, 0.15) is 22.8 Å². The van der Waals surface area contributed by atoms with Gasteiger partial charge in [-0.15, -0.1) is 0 Å². The van der Waals surface area contributed by atoms with Gasteiger partial charge in [0.15, 0.2) is 5.78 Å².